The lowest BCUT2D eigenvalue weighted by molar-refractivity contribution is 0.538. The molecule has 0 radical (unpaired) electrons. The Hall–Kier alpha value is 0.440. The third kappa shape index (κ3) is 14.4. The fourth-order valence-corrected chi connectivity index (χ4v) is 2.24. The molecule has 1 unspecified atom stereocenters. The van der Waals surface area contributed by atoms with Gasteiger partial charge in [-0.3, -0.25) is 0 Å². The van der Waals surface area contributed by atoms with Gasteiger partial charge in [0.2, 0.25) is 0 Å². The van der Waals surface area contributed by atoms with E-state index in [0.29, 0.717) is 4.95 Å². The Morgan fingerprint density at radius 3 is 1.71 bits per heavy atom. The number of halogens is 1. The van der Waals surface area contributed by atoms with Gasteiger partial charge in [0.05, 0.1) is 4.95 Å². The summed E-state index contributed by atoms with van der Waals surface area (Å²) in [4.78, 5) is 0.515. The van der Waals surface area contributed by atoms with Gasteiger partial charge in [0.1, 0.15) is 0 Å². The molecule has 0 spiro atoms. The van der Waals surface area contributed by atoms with E-state index >= 15 is 0 Å². The van der Waals surface area contributed by atoms with E-state index in [1.165, 1.54) is 70.8 Å². The van der Waals surface area contributed by atoms with Crippen molar-refractivity contribution < 1.29 is 0 Å². The van der Waals surface area contributed by atoms with Crippen LogP contribution in [-0.4, -0.2) is 11.5 Å². The molecule has 0 aromatic rings. The van der Waals surface area contributed by atoms with Gasteiger partial charge in [0.25, 0.3) is 0 Å². The standard InChI is InChI=1S/C15H32BrN/c1-3-5-6-7-8-9-10-11-12-13-14-17-15(16)4-2/h15,17H,3-14H2,1-2H3. The van der Waals surface area contributed by atoms with Crippen LogP contribution in [-0.2, 0) is 0 Å². The first-order valence-corrected chi connectivity index (χ1v) is 8.60. The Morgan fingerprint density at radius 2 is 1.24 bits per heavy atom. The summed E-state index contributed by atoms with van der Waals surface area (Å²) >= 11 is 3.59. The number of hydrogen-bond acceptors (Lipinski definition) is 1. The van der Waals surface area contributed by atoms with Crippen LogP contribution in [0.1, 0.15) is 84.5 Å². The van der Waals surface area contributed by atoms with Crippen molar-refractivity contribution in [2.24, 2.45) is 0 Å². The van der Waals surface area contributed by atoms with E-state index in [9.17, 15) is 0 Å². The van der Waals surface area contributed by atoms with Crippen molar-refractivity contribution in [1.29, 1.82) is 0 Å². The van der Waals surface area contributed by atoms with Crippen LogP contribution in [0.5, 0.6) is 0 Å². The molecule has 104 valence electrons. The molecule has 0 bridgehead atoms. The molecule has 1 nitrogen and oxygen atoms in total. The van der Waals surface area contributed by atoms with Crippen LogP contribution in [0.15, 0.2) is 0 Å². The van der Waals surface area contributed by atoms with Gasteiger partial charge < -0.3 is 5.32 Å². The Bertz CT molecular complexity index is 139. The minimum atomic E-state index is 0.515. The van der Waals surface area contributed by atoms with Crippen LogP contribution in [0.2, 0.25) is 0 Å². The summed E-state index contributed by atoms with van der Waals surface area (Å²) in [6.45, 7) is 5.65. The molecule has 1 atom stereocenters. The highest BCUT2D eigenvalue weighted by Crippen LogP contribution is 2.10. The Kier molecular flexibility index (Phi) is 14.9. The zero-order chi connectivity index (χ0) is 12.8. The summed E-state index contributed by atoms with van der Waals surface area (Å²) in [5.41, 5.74) is 0. The zero-order valence-corrected chi connectivity index (χ0v) is 13.5. The molecule has 0 rings (SSSR count). The van der Waals surface area contributed by atoms with Crippen molar-refractivity contribution in [1.82, 2.24) is 5.32 Å². The molecule has 0 amide bonds. The van der Waals surface area contributed by atoms with Gasteiger partial charge in [0, 0.05) is 0 Å². The Morgan fingerprint density at radius 1 is 0.765 bits per heavy atom. The molecule has 0 aromatic carbocycles. The molecule has 1 N–H and O–H groups in total. The van der Waals surface area contributed by atoms with Crippen LogP contribution in [0, 0.1) is 0 Å². The molecule has 0 aliphatic rings. The van der Waals surface area contributed by atoms with Crippen LogP contribution < -0.4 is 5.32 Å². The maximum Gasteiger partial charge on any atom is 0.0628 e. The second-order valence-electron chi connectivity index (χ2n) is 5.01. The highest BCUT2D eigenvalue weighted by molar-refractivity contribution is 9.09. The molecule has 0 saturated carbocycles. The maximum atomic E-state index is 3.59. The molecule has 17 heavy (non-hydrogen) atoms. The number of hydrogen-bond donors (Lipinski definition) is 1. The van der Waals surface area contributed by atoms with Crippen LogP contribution in [0.3, 0.4) is 0 Å². The molecular weight excluding hydrogens is 274 g/mol. The van der Waals surface area contributed by atoms with Gasteiger partial charge in [0.15, 0.2) is 0 Å². The van der Waals surface area contributed by atoms with Crippen molar-refractivity contribution in [3.63, 3.8) is 0 Å². The van der Waals surface area contributed by atoms with Gasteiger partial charge in [-0.2, -0.15) is 0 Å². The van der Waals surface area contributed by atoms with E-state index in [-0.39, 0.29) is 0 Å². The molecule has 0 aliphatic heterocycles. The number of rotatable bonds is 13. The van der Waals surface area contributed by atoms with Gasteiger partial charge in [-0.15, -0.1) is 0 Å². The highest BCUT2D eigenvalue weighted by atomic mass is 79.9. The first-order chi connectivity index (χ1) is 8.31. The van der Waals surface area contributed by atoms with Crippen molar-refractivity contribution in [2.75, 3.05) is 6.54 Å². The number of alkyl halides is 1. The fourth-order valence-electron chi connectivity index (χ4n) is 2.02. The SMILES string of the molecule is CCCCCCCCCCCCNC(Br)CC. The Balaban J connectivity index is 2.94. The van der Waals surface area contributed by atoms with E-state index in [2.05, 4.69) is 35.1 Å². The van der Waals surface area contributed by atoms with Gasteiger partial charge in [-0.05, 0) is 19.4 Å². The molecule has 2 heteroatoms. The van der Waals surface area contributed by atoms with E-state index in [1.54, 1.807) is 0 Å². The topological polar surface area (TPSA) is 12.0 Å². The summed E-state index contributed by atoms with van der Waals surface area (Å²) in [7, 11) is 0. The lowest BCUT2D eigenvalue weighted by atomic mass is 10.1. The summed E-state index contributed by atoms with van der Waals surface area (Å²) in [5, 5.41) is 3.47. The maximum absolute atomic E-state index is 3.59. The third-order valence-corrected chi connectivity index (χ3v) is 4.23. The molecule has 0 fully saturated rings. The van der Waals surface area contributed by atoms with Crippen LogP contribution in [0.25, 0.3) is 0 Å². The molecule has 0 saturated heterocycles. The zero-order valence-electron chi connectivity index (χ0n) is 11.9. The largest absolute Gasteiger partial charge is 0.305 e. The predicted octanol–water partition coefficient (Wildman–Crippen LogP) is 5.63. The van der Waals surface area contributed by atoms with Crippen molar-refractivity contribution in [2.45, 2.75) is 89.4 Å². The lowest BCUT2D eigenvalue weighted by Gasteiger charge is -2.08. The van der Waals surface area contributed by atoms with Crippen LogP contribution >= 0.6 is 15.9 Å². The predicted molar refractivity (Wildman–Crippen MR) is 82.9 cm³/mol. The number of unbranched alkanes of at least 4 members (excludes halogenated alkanes) is 9. The van der Waals surface area contributed by atoms with E-state index in [0.717, 1.165) is 6.42 Å². The summed E-state index contributed by atoms with van der Waals surface area (Å²) in [6.07, 6.45) is 15.4. The molecule has 0 aromatic heterocycles. The highest BCUT2D eigenvalue weighted by Gasteiger charge is 1.97. The first kappa shape index (κ1) is 17.4. The average molecular weight is 306 g/mol. The number of nitrogens with one attached hydrogen (secondary N) is 1. The van der Waals surface area contributed by atoms with Crippen molar-refractivity contribution in [3.8, 4) is 0 Å². The van der Waals surface area contributed by atoms with Crippen molar-refractivity contribution >= 4 is 15.9 Å². The molecule has 0 aliphatic carbocycles. The van der Waals surface area contributed by atoms with E-state index in [1.807, 2.05) is 0 Å². The average Bonchev–Trinajstić information content (AvgIpc) is 2.35. The third-order valence-electron chi connectivity index (χ3n) is 3.25. The normalized spacial score (nSPS) is 12.9. The summed E-state index contributed by atoms with van der Waals surface area (Å²) < 4.78 is 0. The fraction of sp³-hybridized carbons (Fsp3) is 1.00. The van der Waals surface area contributed by atoms with Crippen molar-refractivity contribution in [3.05, 3.63) is 0 Å². The van der Waals surface area contributed by atoms with Gasteiger partial charge >= 0.3 is 0 Å². The second-order valence-corrected chi connectivity index (χ2v) is 6.12. The minimum Gasteiger partial charge on any atom is -0.305 e. The Labute approximate surface area is 117 Å². The lowest BCUT2D eigenvalue weighted by Crippen LogP contribution is -2.23. The second kappa shape index (κ2) is 14.5. The van der Waals surface area contributed by atoms with E-state index in [4.69, 9.17) is 0 Å². The molecular formula is C15H32BrN. The van der Waals surface area contributed by atoms with E-state index < -0.39 is 0 Å². The molecule has 0 heterocycles. The first-order valence-electron chi connectivity index (χ1n) is 7.68. The minimum absolute atomic E-state index is 0.515. The monoisotopic (exact) mass is 305 g/mol. The van der Waals surface area contributed by atoms with Gasteiger partial charge in [-0.1, -0.05) is 87.6 Å². The van der Waals surface area contributed by atoms with Gasteiger partial charge in [-0.25, -0.2) is 0 Å². The summed E-state index contributed by atoms with van der Waals surface area (Å²) in [6, 6.07) is 0. The summed E-state index contributed by atoms with van der Waals surface area (Å²) in [5.74, 6) is 0. The smallest absolute Gasteiger partial charge is 0.0628 e. The van der Waals surface area contributed by atoms with Crippen LogP contribution in [0.4, 0.5) is 0 Å². The quantitative estimate of drug-likeness (QED) is 0.264.